The Bertz CT molecular complexity index is 939. The van der Waals surface area contributed by atoms with Crippen molar-refractivity contribution in [1.82, 2.24) is 4.68 Å². The lowest BCUT2D eigenvalue weighted by Gasteiger charge is -2.04. The number of halogens is 1. The molecule has 0 N–H and O–H groups in total. The molecule has 25 heavy (non-hydrogen) atoms. The van der Waals surface area contributed by atoms with Gasteiger partial charge in [-0.1, -0.05) is 42.5 Å². The van der Waals surface area contributed by atoms with E-state index in [4.69, 9.17) is 0 Å². The molecule has 0 unspecified atom stereocenters. The Morgan fingerprint density at radius 1 is 1.12 bits per heavy atom. The van der Waals surface area contributed by atoms with Crippen LogP contribution in [0.25, 0.3) is 0 Å². The summed E-state index contributed by atoms with van der Waals surface area (Å²) >= 11 is 1.57. The lowest BCUT2D eigenvalue weighted by molar-refractivity contribution is 0.627. The molecule has 0 aliphatic carbocycles. The molecule has 0 bridgehead atoms. The largest absolute Gasteiger partial charge is 0.257 e. The van der Waals surface area contributed by atoms with Gasteiger partial charge in [0.05, 0.1) is 11.4 Å². The summed E-state index contributed by atoms with van der Waals surface area (Å²) in [5.74, 6) is -0.258. The van der Waals surface area contributed by atoms with E-state index < -0.39 is 0 Å². The van der Waals surface area contributed by atoms with Gasteiger partial charge in [0.2, 0.25) is 4.80 Å². The second kappa shape index (κ2) is 8.03. The van der Waals surface area contributed by atoms with E-state index in [-0.39, 0.29) is 5.82 Å². The second-order valence-electron chi connectivity index (χ2n) is 5.78. The highest BCUT2D eigenvalue weighted by Crippen LogP contribution is 2.07. The van der Waals surface area contributed by atoms with Gasteiger partial charge in [0.1, 0.15) is 5.82 Å². The van der Waals surface area contributed by atoms with Crippen molar-refractivity contribution >= 4 is 17.0 Å². The van der Waals surface area contributed by atoms with Gasteiger partial charge in [-0.15, -0.1) is 11.3 Å². The molecule has 0 fully saturated rings. The zero-order valence-electron chi connectivity index (χ0n) is 14.3. The number of nitrogens with zero attached hydrogens (tertiary/aromatic N) is 3. The average Bonchev–Trinajstić information content (AvgIpc) is 2.96. The van der Waals surface area contributed by atoms with Gasteiger partial charge in [-0.25, -0.2) is 9.07 Å². The summed E-state index contributed by atoms with van der Waals surface area (Å²) in [5.41, 5.74) is 3.81. The first-order chi connectivity index (χ1) is 12.1. The SMILES string of the molecule is CC(=Nn1c(C)csc1=NCCc1ccccc1)c1cccc(F)c1. The summed E-state index contributed by atoms with van der Waals surface area (Å²) in [4.78, 5) is 5.54. The van der Waals surface area contributed by atoms with Crippen LogP contribution < -0.4 is 4.80 Å². The first-order valence-electron chi connectivity index (χ1n) is 8.16. The van der Waals surface area contributed by atoms with E-state index in [9.17, 15) is 4.39 Å². The van der Waals surface area contributed by atoms with E-state index in [0.29, 0.717) is 6.54 Å². The molecular formula is C20H20FN3S. The maximum absolute atomic E-state index is 13.4. The quantitative estimate of drug-likeness (QED) is 0.608. The molecule has 128 valence electrons. The summed E-state index contributed by atoms with van der Waals surface area (Å²) in [7, 11) is 0. The third-order valence-corrected chi connectivity index (χ3v) is 4.80. The number of thiazole rings is 1. The Morgan fingerprint density at radius 3 is 2.68 bits per heavy atom. The van der Waals surface area contributed by atoms with Crippen molar-refractivity contribution in [3.05, 3.63) is 87.4 Å². The predicted octanol–water partition coefficient (Wildman–Crippen LogP) is 4.41. The number of aryl methyl sites for hydroxylation is 1. The van der Waals surface area contributed by atoms with Crippen molar-refractivity contribution in [3.63, 3.8) is 0 Å². The van der Waals surface area contributed by atoms with Gasteiger partial charge in [-0.05, 0) is 38.0 Å². The average molecular weight is 353 g/mol. The fourth-order valence-corrected chi connectivity index (χ4v) is 3.29. The molecule has 0 saturated carbocycles. The van der Waals surface area contributed by atoms with E-state index in [1.807, 2.05) is 48.2 Å². The first kappa shape index (κ1) is 17.3. The predicted molar refractivity (Wildman–Crippen MR) is 102 cm³/mol. The molecule has 0 radical (unpaired) electrons. The topological polar surface area (TPSA) is 29.6 Å². The molecule has 0 spiro atoms. The number of aromatic nitrogens is 1. The Hall–Kier alpha value is -2.53. The van der Waals surface area contributed by atoms with Gasteiger partial charge in [0.15, 0.2) is 0 Å². The number of rotatable bonds is 5. The number of hydrogen-bond acceptors (Lipinski definition) is 3. The molecule has 0 saturated heterocycles. The van der Waals surface area contributed by atoms with E-state index >= 15 is 0 Å². The lowest BCUT2D eigenvalue weighted by Crippen LogP contribution is -2.15. The van der Waals surface area contributed by atoms with E-state index in [1.54, 1.807) is 17.4 Å². The molecule has 0 aliphatic rings. The normalized spacial score (nSPS) is 12.6. The summed E-state index contributed by atoms with van der Waals surface area (Å²) in [5, 5.41) is 6.67. The summed E-state index contributed by atoms with van der Waals surface area (Å²) < 4.78 is 15.2. The molecular weight excluding hydrogens is 333 g/mol. The molecule has 1 aromatic heterocycles. The molecule has 0 aliphatic heterocycles. The van der Waals surface area contributed by atoms with Crippen LogP contribution >= 0.6 is 11.3 Å². The minimum atomic E-state index is -0.258. The highest BCUT2D eigenvalue weighted by atomic mass is 32.1. The van der Waals surface area contributed by atoms with Crippen LogP contribution in [-0.2, 0) is 6.42 Å². The van der Waals surface area contributed by atoms with Crippen LogP contribution in [-0.4, -0.2) is 16.9 Å². The smallest absolute Gasteiger partial charge is 0.205 e. The standard InChI is InChI=1S/C20H20FN3S/c1-15-14-25-20(22-12-11-17-7-4-3-5-8-17)24(15)23-16(2)18-9-6-10-19(21)13-18/h3-10,13-14H,11-12H2,1-2H3. The third kappa shape index (κ3) is 4.51. The maximum atomic E-state index is 13.4. The van der Waals surface area contributed by atoms with Gasteiger partial charge >= 0.3 is 0 Å². The van der Waals surface area contributed by atoms with Crippen LogP contribution in [0.3, 0.4) is 0 Å². The van der Waals surface area contributed by atoms with Crippen molar-refractivity contribution in [3.8, 4) is 0 Å². The van der Waals surface area contributed by atoms with Crippen molar-refractivity contribution < 1.29 is 4.39 Å². The van der Waals surface area contributed by atoms with Crippen molar-refractivity contribution in [2.45, 2.75) is 20.3 Å². The van der Waals surface area contributed by atoms with Crippen molar-refractivity contribution in [2.75, 3.05) is 6.54 Å². The molecule has 3 nitrogen and oxygen atoms in total. The molecule has 2 aromatic carbocycles. The van der Waals surface area contributed by atoms with E-state index in [0.717, 1.165) is 28.2 Å². The zero-order chi connectivity index (χ0) is 17.6. The molecule has 5 heteroatoms. The van der Waals surface area contributed by atoms with Gasteiger partial charge in [0.25, 0.3) is 0 Å². The minimum Gasteiger partial charge on any atom is -0.257 e. The summed E-state index contributed by atoms with van der Waals surface area (Å²) in [6.07, 6.45) is 0.893. The Balaban J connectivity index is 1.84. The molecule has 1 heterocycles. The van der Waals surface area contributed by atoms with E-state index in [2.05, 4.69) is 22.2 Å². The summed E-state index contributed by atoms with van der Waals surface area (Å²) in [6, 6.07) is 16.8. The van der Waals surface area contributed by atoms with Crippen LogP contribution in [0.15, 0.2) is 70.1 Å². The maximum Gasteiger partial charge on any atom is 0.205 e. The second-order valence-corrected chi connectivity index (χ2v) is 6.62. The number of hydrogen-bond donors (Lipinski definition) is 0. The summed E-state index contributed by atoms with van der Waals surface area (Å²) in [6.45, 7) is 4.58. The molecule has 0 amide bonds. The molecule has 0 atom stereocenters. The minimum absolute atomic E-state index is 0.258. The third-order valence-electron chi connectivity index (χ3n) is 3.83. The van der Waals surface area contributed by atoms with Crippen LogP contribution in [0, 0.1) is 12.7 Å². The van der Waals surface area contributed by atoms with Crippen LogP contribution in [0.1, 0.15) is 23.7 Å². The first-order valence-corrected chi connectivity index (χ1v) is 9.04. The van der Waals surface area contributed by atoms with Gasteiger partial charge < -0.3 is 0 Å². The molecule has 3 aromatic rings. The van der Waals surface area contributed by atoms with Gasteiger partial charge in [-0.3, -0.25) is 4.99 Å². The van der Waals surface area contributed by atoms with Crippen molar-refractivity contribution in [2.24, 2.45) is 10.1 Å². The van der Waals surface area contributed by atoms with Crippen molar-refractivity contribution in [1.29, 1.82) is 0 Å². The Morgan fingerprint density at radius 2 is 1.92 bits per heavy atom. The van der Waals surface area contributed by atoms with E-state index in [1.165, 1.54) is 17.7 Å². The van der Waals surface area contributed by atoms with Gasteiger partial charge in [-0.2, -0.15) is 5.10 Å². The Labute approximate surface area is 150 Å². The monoisotopic (exact) mass is 353 g/mol. The zero-order valence-corrected chi connectivity index (χ0v) is 15.1. The molecule has 3 rings (SSSR count). The van der Waals surface area contributed by atoms with Crippen LogP contribution in [0.4, 0.5) is 4.39 Å². The Kier molecular flexibility index (Phi) is 5.56. The highest BCUT2D eigenvalue weighted by molar-refractivity contribution is 7.07. The van der Waals surface area contributed by atoms with Gasteiger partial charge in [0, 0.05) is 17.5 Å². The fraction of sp³-hybridized carbons (Fsp3) is 0.200. The van der Waals surface area contributed by atoms with Crippen LogP contribution in [0.5, 0.6) is 0 Å². The highest BCUT2D eigenvalue weighted by Gasteiger charge is 2.03. The van der Waals surface area contributed by atoms with Crippen LogP contribution in [0.2, 0.25) is 0 Å². The lowest BCUT2D eigenvalue weighted by atomic mass is 10.1. The fourth-order valence-electron chi connectivity index (χ4n) is 2.46. The number of benzene rings is 2.